The third-order valence-corrected chi connectivity index (χ3v) is 4.47. The number of nitrogens with one attached hydrogen (secondary N) is 2. The van der Waals surface area contributed by atoms with Gasteiger partial charge in [0.05, 0.1) is 0 Å². The van der Waals surface area contributed by atoms with Crippen molar-refractivity contribution in [3.63, 3.8) is 0 Å². The van der Waals surface area contributed by atoms with Crippen molar-refractivity contribution in [1.82, 2.24) is 10.6 Å². The number of hydrogen-bond acceptors (Lipinski definition) is 3. The van der Waals surface area contributed by atoms with Crippen molar-refractivity contribution in [2.45, 2.75) is 45.9 Å². The number of alkyl carbamates (subject to hydrolysis) is 1. The van der Waals surface area contributed by atoms with Crippen LogP contribution in [0, 0.1) is 0 Å². The van der Waals surface area contributed by atoms with Crippen molar-refractivity contribution in [3.8, 4) is 0 Å². The second-order valence-electron chi connectivity index (χ2n) is 5.91. The van der Waals surface area contributed by atoms with Gasteiger partial charge < -0.3 is 15.4 Å². The van der Waals surface area contributed by atoms with E-state index in [0.717, 1.165) is 15.5 Å². The molecule has 1 amide bonds. The van der Waals surface area contributed by atoms with E-state index in [4.69, 9.17) is 4.74 Å². The largest absolute Gasteiger partial charge is 0.444 e. The maximum absolute atomic E-state index is 11.5. The number of amides is 1. The molecular formula is C15H22Br2N2O2. The number of hydrogen-bond donors (Lipinski definition) is 2. The molecule has 0 saturated heterocycles. The molecule has 0 aliphatic heterocycles. The first-order valence-electron chi connectivity index (χ1n) is 6.81. The van der Waals surface area contributed by atoms with E-state index < -0.39 is 5.60 Å². The van der Waals surface area contributed by atoms with E-state index in [0.29, 0.717) is 6.54 Å². The monoisotopic (exact) mass is 420 g/mol. The Morgan fingerprint density at radius 1 is 1.29 bits per heavy atom. The Bertz CT molecular complexity index is 487. The Hall–Kier alpha value is -0.590. The number of carbonyl (C=O) groups excluding carboxylic acids is 1. The van der Waals surface area contributed by atoms with Crippen LogP contribution in [0.25, 0.3) is 0 Å². The number of ether oxygens (including phenoxy) is 1. The minimum Gasteiger partial charge on any atom is -0.444 e. The lowest BCUT2D eigenvalue weighted by Gasteiger charge is -2.21. The van der Waals surface area contributed by atoms with Crippen molar-refractivity contribution in [2.24, 2.45) is 0 Å². The smallest absolute Gasteiger partial charge is 0.407 e. The second kappa shape index (κ2) is 8.15. The molecule has 1 unspecified atom stereocenters. The van der Waals surface area contributed by atoms with Crippen molar-refractivity contribution >= 4 is 38.0 Å². The van der Waals surface area contributed by atoms with Crippen LogP contribution in [-0.2, 0) is 11.3 Å². The molecule has 118 valence electrons. The van der Waals surface area contributed by atoms with Crippen LogP contribution in [-0.4, -0.2) is 24.3 Å². The number of halogens is 2. The van der Waals surface area contributed by atoms with Crippen LogP contribution >= 0.6 is 31.9 Å². The third-order valence-electron chi connectivity index (χ3n) is 2.59. The first-order chi connectivity index (χ1) is 9.67. The highest BCUT2D eigenvalue weighted by atomic mass is 79.9. The van der Waals surface area contributed by atoms with E-state index in [1.54, 1.807) is 0 Å². The first-order valence-corrected chi connectivity index (χ1v) is 8.40. The lowest BCUT2D eigenvalue weighted by molar-refractivity contribution is 0.0523. The fraction of sp³-hybridized carbons (Fsp3) is 0.533. The molecule has 0 saturated carbocycles. The Morgan fingerprint density at radius 3 is 2.52 bits per heavy atom. The summed E-state index contributed by atoms with van der Waals surface area (Å²) in [6, 6.07) is 6.27. The van der Waals surface area contributed by atoms with Gasteiger partial charge in [-0.25, -0.2) is 4.79 Å². The van der Waals surface area contributed by atoms with Gasteiger partial charge in [0.1, 0.15) is 5.60 Å². The van der Waals surface area contributed by atoms with Gasteiger partial charge in [-0.1, -0.05) is 6.07 Å². The van der Waals surface area contributed by atoms with Crippen LogP contribution in [0.1, 0.15) is 33.3 Å². The summed E-state index contributed by atoms with van der Waals surface area (Å²) >= 11 is 6.93. The van der Waals surface area contributed by atoms with Gasteiger partial charge in [-0.3, -0.25) is 0 Å². The minimum atomic E-state index is -0.468. The average molecular weight is 422 g/mol. The van der Waals surface area contributed by atoms with E-state index in [2.05, 4.69) is 54.6 Å². The third kappa shape index (κ3) is 7.83. The summed E-state index contributed by atoms with van der Waals surface area (Å²) in [7, 11) is 0. The average Bonchev–Trinajstić information content (AvgIpc) is 2.36. The van der Waals surface area contributed by atoms with Crippen LogP contribution in [0.3, 0.4) is 0 Å². The molecule has 2 N–H and O–H groups in total. The number of benzene rings is 1. The molecule has 0 fully saturated rings. The van der Waals surface area contributed by atoms with E-state index >= 15 is 0 Å². The highest BCUT2D eigenvalue weighted by Crippen LogP contribution is 2.23. The molecule has 0 spiro atoms. The molecule has 0 bridgehead atoms. The van der Waals surface area contributed by atoms with Crippen molar-refractivity contribution < 1.29 is 9.53 Å². The number of rotatable bonds is 5. The highest BCUT2D eigenvalue weighted by Gasteiger charge is 2.16. The second-order valence-corrected chi connectivity index (χ2v) is 7.62. The lowest BCUT2D eigenvalue weighted by Crippen LogP contribution is -2.40. The Labute approximate surface area is 143 Å². The molecule has 1 rings (SSSR count). The fourth-order valence-corrected chi connectivity index (χ4v) is 2.24. The van der Waals surface area contributed by atoms with E-state index in [9.17, 15) is 4.79 Å². The van der Waals surface area contributed by atoms with E-state index in [1.807, 2.05) is 33.8 Å². The van der Waals surface area contributed by atoms with Crippen LogP contribution in [0.4, 0.5) is 4.79 Å². The molecule has 0 aliphatic carbocycles. The zero-order valence-corrected chi connectivity index (χ0v) is 16.0. The molecular weight excluding hydrogens is 400 g/mol. The van der Waals surface area contributed by atoms with Gasteiger partial charge in [-0.15, -0.1) is 0 Å². The van der Waals surface area contributed by atoms with Gasteiger partial charge >= 0.3 is 6.09 Å². The van der Waals surface area contributed by atoms with Gasteiger partial charge in [0, 0.05) is 28.1 Å². The van der Waals surface area contributed by atoms with E-state index in [1.165, 1.54) is 5.56 Å². The highest BCUT2D eigenvalue weighted by molar-refractivity contribution is 9.13. The Balaban J connectivity index is 2.32. The maximum atomic E-state index is 11.5. The van der Waals surface area contributed by atoms with Crippen molar-refractivity contribution in [3.05, 3.63) is 32.7 Å². The van der Waals surface area contributed by atoms with Crippen LogP contribution in [0.15, 0.2) is 27.1 Å². The standard InChI is InChI=1S/C15H22Br2N2O2/c1-10(8-19-14(20)21-15(2,3)4)18-9-11-5-6-12(16)13(17)7-11/h5-7,10,18H,8-9H2,1-4H3,(H,19,20). The minimum absolute atomic E-state index is 0.153. The first kappa shape index (κ1) is 18.5. The molecule has 4 nitrogen and oxygen atoms in total. The van der Waals surface area contributed by atoms with Crippen molar-refractivity contribution in [2.75, 3.05) is 6.54 Å². The Kier molecular flexibility index (Phi) is 7.16. The summed E-state index contributed by atoms with van der Waals surface area (Å²) in [6.45, 7) is 8.82. The quantitative estimate of drug-likeness (QED) is 0.748. The van der Waals surface area contributed by atoms with Gasteiger partial charge in [0.25, 0.3) is 0 Å². The van der Waals surface area contributed by atoms with Gasteiger partial charge in [0.2, 0.25) is 0 Å². The fourth-order valence-electron chi connectivity index (χ4n) is 1.56. The summed E-state index contributed by atoms with van der Waals surface area (Å²) in [5.74, 6) is 0. The molecule has 0 radical (unpaired) electrons. The zero-order chi connectivity index (χ0) is 16.0. The number of carbonyl (C=O) groups is 1. The summed E-state index contributed by atoms with van der Waals surface area (Å²) in [6.07, 6.45) is -0.387. The molecule has 0 aliphatic rings. The molecule has 1 aromatic rings. The maximum Gasteiger partial charge on any atom is 0.407 e. The van der Waals surface area contributed by atoms with Crippen molar-refractivity contribution in [1.29, 1.82) is 0 Å². The van der Waals surface area contributed by atoms with Crippen LogP contribution < -0.4 is 10.6 Å². The zero-order valence-electron chi connectivity index (χ0n) is 12.8. The molecule has 0 aromatic heterocycles. The predicted molar refractivity (Wildman–Crippen MR) is 92.4 cm³/mol. The molecule has 1 atom stereocenters. The predicted octanol–water partition coefficient (Wildman–Crippen LogP) is 4.21. The summed E-state index contributed by atoms with van der Waals surface area (Å²) in [5.41, 5.74) is 0.707. The lowest BCUT2D eigenvalue weighted by atomic mass is 10.2. The topological polar surface area (TPSA) is 50.4 Å². The normalized spacial score (nSPS) is 12.9. The summed E-state index contributed by atoms with van der Waals surface area (Å²) in [5, 5.41) is 6.11. The van der Waals surface area contributed by atoms with Crippen LogP contribution in [0.2, 0.25) is 0 Å². The van der Waals surface area contributed by atoms with Gasteiger partial charge in [-0.2, -0.15) is 0 Å². The summed E-state index contributed by atoms with van der Waals surface area (Å²) in [4.78, 5) is 11.5. The Morgan fingerprint density at radius 2 is 1.95 bits per heavy atom. The summed E-state index contributed by atoms with van der Waals surface area (Å²) < 4.78 is 7.25. The van der Waals surface area contributed by atoms with Gasteiger partial charge in [-0.05, 0) is 77.3 Å². The van der Waals surface area contributed by atoms with E-state index in [-0.39, 0.29) is 12.1 Å². The molecule has 0 heterocycles. The van der Waals surface area contributed by atoms with Gasteiger partial charge in [0.15, 0.2) is 0 Å². The molecule has 6 heteroatoms. The van der Waals surface area contributed by atoms with Crippen LogP contribution in [0.5, 0.6) is 0 Å². The SMILES string of the molecule is CC(CNC(=O)OC(C)(C)C)NCc1ccc(Br)c(Br)c1. The molecule has 21 heavy (non-hydrogen) atoms. The molecule has 1 aromatic carbocycles.